The van der Waals surface area contributed by atoms with Crippen molar-refractivity contribution in [2.45, 2.75) is 26.3 Å². The van der Waals surface area contributed by atoms with Crippen molar-refractivity contribution in [3.63, 3.8) is 0 Å². The number of carbonyl (C=O) groups excluding carboxylic acids is 1. The van der Waals surface area contributed by atoms with Crippen LogP contribution in [0.5, 0.6) is 5.75 Å². The molecule has 0 saturated heterocycles. The Morgan fingerprint density at radius 2 is 2.00 bits per heavy atom. The molecule has 3 aromatic rings. The van der Waals surface area contributed by atoms with Gasteiger partial charge in [0.25, 0.3) is 0 Å². The maximum atomic E-state index is 12.3. The van der Waals surface area contributed by atoms with Crippen LogP contribution in [0.1, 0.15) is 25.3 Å². The van der Waals surface area contributed by atoms with Gasteiger partial charge in [-0.3, -0.25) is 9.69 Å². The number of hydrogen-bond donors (Lipinski definition) is 3. The van der Waals surface area contributed by atoms with Crippen LogP contribution in [-0.4, -0.2) is 47.0 Å². The molecule has 0 unspecified atom stereocenters. The molecule has 3 N–H and O–H groups in total. The molecule has 6 bridgehead atoms. The Morgan fingerprint density at radius 3 is 2.85 bits per heavy atom. The summed E-state index contributed by atoms with van der Waals surface area (Å²) in [5, 5.41) is 9.99. The van der Waals surface area contributed by atoms with Crippen LogP contribution in [0.4, 0.5) is 23.1 Å². The Bertz CT molecular complexity index is 1130. The molecule has 8 nitrogen and oxygen atoms in total. The highest BCUT2D eigenvalue weighted by molar-refractivity contribution is 6.32. The van der Waals surface area contributed by atoms with Gasteiger partial charge < -0.3 is 20.7 Å². The van der Waals surface area contributed by atoms with Gasteiger partial charge in [0, 0.05) is 43.6 Å². The maximum Gasteiger partial charge on any atom is 0.229 e. The van der Waals surface area contributed by atoms with E-state index in [1.807, 2.05) is 30.3 Å². The molecule has 0 fully saturated rings. The lowest BCUT2D eigenvalue weighted by molar-refractivity contribution is -0.121. The zero-order valence-corrected chi connectivity index (χ0v) is 19.9. The van der Waals surface area contributed by atoms with Gasteiger partial charge >= 0.3 is 0 Å². The zero-order chi connectivity index (χ0) is 23.8. The van der Waals surface area contributed by atoms with Crippen molar-refractivity contribution in [3.8, 4) is 5.75 Å². The standard InChI is InChI=1S/C25H29ClN6O2/c1-2-32-13-10-24(33)27-11-4-14-34-22-8-7-20(16-21(22)26)30-25-28-12-9-23(31-25)29-19-6-3-5-18(15-19)17-32/h3,5-9,12,15-16H,2,4,10-11,13-14,17H2,1H3,(H,27,33)(H2,28,29,30,31). The van der Waals surface area contributed by atoms with Crippen molar-refractivity contribution in [2.24, 2.45) is 0 Å². The van der Waals surface area contributed by atoms with Gasteiger partial charge in [-0.25, -0.2) is 4.98 Å². The Kier molecular flexibility index (Phi) is 8.17. The monoisotopic (exact) mass is 480 g/mol. The van der Waals surface area contributed by atoms with Crippen LogP contribution in [0, 0.1) is 0 Å². The summed E-state index contributed by atoms with van der Waals surface area (Å²) in [6.07, 6.45) is 2.85. The predicted octanol–water partition coefficient (Wildman–Crippen LogP) is 4.73. The molecule has 34 heavy (non-hydrogen) atoms. The van der Waals surface area contributed by atoms with Gasteiger partial charge in [-0.15, -0.1) is 0 Å². The summed E-state index contributed by atoms with van der Waals surface area (Å²) in [5.41, 5.74) is 2.85. The highest BCUT2D eigenvalue weighted by Gasteiger charge is 2.10. The molecule has 2 aliphatic rings. The molecule has 0 spiro atoms. The smallest absolute Gasteiger partial charge is 0.229 e. The fourth-order valence-corrected chi connectivity index (χ4v) is 3.88. The van der Waals surface area contributed by atoms with Gasteiger partial charge in [-0.2, -0.15) is 4.98 Å². The Morgan fingerprint density at radius 1 is 1.12 bits per heavy atom. The van der Waals surface area contributed by atoms with Crippen molar-refractivity contribution >= 4 is 40.6 Å². The number of ether oxygens (including phenoxy) is 1. The fourth-order valence-electron chi connectivity index (χ4n) is 3.65. The van der Waals surface area contributed by atoms with Gasteiger partial charge in [-0.05, 0) is 54.9 Å². The first-order valence-corrected chi connectivity index (χ1v) is 11.8. The van der Waals surface area contributed by atoms with E-state index in [2.05, 4.69) is 49.9 Å². The van der Waals surface area contributed by atoms with Crippen LogP contribution < -0.4 is 20.7 Å². The molecule has 0 atom stereocenters. The summed E-state index contributed by atoms with van der Waals surface area (Å²) in [6, 6.07) is 15.5. The first-order valence-electron chi connectivity index (χ1n) is 11.5. The molecule has 3 heterocycles. The van der Waals surface area contributed by atoms with Crippen molar-refractivity contribution in [3.05, 3.63) is 65.3 Å². The molecular weight excluding hydrogens is 452 g/mol. The third-order valence-electron chi connectivity index (χ3n) is 5.45. The van der Waals surface area contributed by atoms with E-state index in [9.17, 15) is 4.79 Å². The Balaban J connectivity index is 1.56. The number of nitrogens with one attached hydrogen (secondary N) is 3. The Hall–Kier alpha value is -3.36. The first-order chi connectivity index (χ1) is 16.6. The van der Waals surface area contributed by atoms with Crippen LogP contribution in [0.25, 0.3) is 0 Å². The van der Waals surface area contributed by atoms with Crippen LogP contribution >= 0.6 is 11.6 Å². The van der Waals surface area contributed by atoms with Gasteiger partial charge in [-0.1, -0.05) is 30.7 Å². The number of rotatable bonds is 1. The lowest BCUT2D eigenvalue weighted by Crippen LogP contribution is -2.31. The number of hydrogen-bond acceptors (Lipinski definition) is 7. The second kappa shape index (κ2) is 11.7. The normalized spacial score (nSPS) is 15.6. The number of nitrogens with zero attached hydrogens (tertiary/aromatic N) is 3. The minimum atomic E-state index is 0.0454. The van der Waals surface area contributed by atoms with E-state index in [1.165, 1.54) is 0 Å². The number of anilines is 4. The van der Waals surface area contributed by atoms with Crippen LogP contribution in [-0.2, 0) is 11.3 Å². The number of fused-ring (bicyclic) bond motifs is 11. The molecule has 0 radical (unpaired) electrons. The summed E-state index contributed by atoms with van der Waals surface area (Å²) in [7, 11) is 0. The highest BCUT2D eigenvalue weighted by Crippen LogP contribution is 2.29. The minimum absolute atomic E-state index is 0.0454. The van der Waals surface area contributed by atoms with Gasteiger partial charge in [0.2, 0.25) is 11.9 Å². The highest BCUT2D eigenvalue weighted by atomic mass is 35.5. The fraction of sp³-hybridized carbons (Fsp3) is 0.320. The summed E-state index contributed by atoms with van der Waals surface area (Å²) in [4.78, 5) is 23.4. The summed E-state index contributed by atoms with van der Waals surface area (Å²) in [6.45, 7) is 5.44. The zero-order valence-electron chi connectivity index (χ0n) is 19.2. The number of aromatic nitrogens is 2. The summed E-state index contributed by atoms with van der Waals surface area (Å²) >= 11 is 6.39. The molecule has 9 heteroatoms. The van der Waals surface area contributed by atoms with Crippen LogP contribution in [0.15, 0.2) is 54.7 Å². The average molecular weight is 481 g/mol. The van der Waals surface area contributed by atoms with Crippen molar-refractivity contribution in [1.82, 2.24) is 20.2 Å². The van der Waals surface area contributed by atoms with E-state index >= 15 is 0 Å². The average Bonchev–Trinajstić information content (AvgIpc) is 2.82. The van der Waals surface area contributed by atoms with Crippen LogP contribution in [0.3, 0.4) is 0 Å². The second-order valence-corrected chi connectivity index (χ2v) is 8.44. The molecule has 1 aromatic heterocycles. The van der Waals surface area contributed by atoms with Crippen molar-refractivity contribution in [2.75, 3.05) is 36.9 Å². The molecule has 178 valence electrons. The van der Waals surface area contributed by atoms with Gasteiger partial charge in [0.1, 0.15) is 11.6 Å². The summed E-state index contributed by atoms with van der Waals surface area (Å²) in [5.74, 6) is 1.77. The van der Waals surface area contributed by atoms with E-state index in [0.29, 0.717) is 55.1 Å². The minimum Gasteiger partial charge on any atom is -0.492 e. The molecule has 2 aliphatic heterocycles. The predicted molar refractivity (Wildman–Crippen MR) is 135 cm³/mol. The van der Waals surface area contributed by atoms with E-state index in [1.54, 1.807) is 12.3 Å². The van der Waals surface area contributed by atoms with E-state index in [0.717, 1.165) is 30.0 Å². The molecule has 0 aliphatic carbocycles. The van der Waals surface area contributed by atoms with E-state index < -0.39 is 0 Å². The molecule has 5 rings (SSSR count). The topological polar surface area (TPSA) is 91.4 Å². The number of carbonyl (C=O) groups is 1. The second-order valence-electron chi connectivity index (χ2n) is 8.03. The SMILES string of the molecule is CCN1CCC(=O)NCCCOc2ccc(cc2Cl)Nc2nccc(n2)Nc2cccc(c2)C1. The third kappa shape index (κ3) is 6.82. The largest absolute Gasteiger partial charge is 0.492 e. The molecule has 2 aromatic carbocycles. The van der Waals surface area contributed by atoms with E-state index in [-0.39, 0.29) is 5.91 Å². The number of halogens is 1. The third-order valence-corrected chi connectivity index (χ3v) is 5.75. The van der Waals surface area contributed by atoms with Crippen molar-refractivity contribution in [1.29, 1.82) is 0 Å². The first kappa shape index (κ1) is 23.8. The summed E-state index contributed by atoms with van der Waals surface area (Å²) < 4.78 is 5.78. The Labute approximate surface area is 204 Å². The van der Waals surface area contributed by atoms with Gasteiger partial charge in [0.15, 0.2) is 0 Å². The quantitative estimate of drug-likeness (QED) is 0.463. The number of amides is 1. The van der Waals surface area contributed by atoms with Crippen LogP contribution in [0.2, 0.25) is 5.02 Å². The molecule has 0 saturated carbocycles. The van der Waals surface area contributed by atoms with E-state index in [4.69, 9.17) is 16.3 Å². The lowest BCUT2D eigenvalue weighted by atomic mass is 10.2. The molecule has 1 amide bonds. The maximum absolute atomic E-state index is 12.3. The molecular formula is C25H29ClN6O2. The lowest BCUT2D eigenvalue weighted by Gasteiger charge is -2.21. The number of benzene rings is 2. The van der Waals surface area contributed by atoms with Gasteiger partial charge in [0.05, 0.1) is 11.6 Å². The van der Waals surface area contributed by atoms with Crippen molar-refractivity contribution < 1.29 is 9.53 Å².